The third kappa shape index (κ3) is 6.77. The number of hydrogen-bond acceptors (Lipinski definition) is 3. The Morgan fingerprint density at radius 2 is 1.80 bits per heavy atom. The zero-order chi connectivity index (χ0) is 20.6. The van der Waals surface area contributed by atoms with Crippen LogP contribution in [0.3, 0.4) is 0 Å². The average Bonchev–Trinajstić information content (AvgIpc) is 2.74. The van der Waals surface area contributed by atoms with Crippen LogP contribution >= 0.6 is 35.6 Å². The molecule has 0 spiro atoms. The van der Waals surface area contributed by atoms with E-state index in [1.165, 1.54) is 5.69 Å². The molecule has 0 aromatic heterocycles. The number of nitrogens with one attached hydrogen (secondary N) is 2. The molecule has 162 valence electrons. The van der Waals surface area contributed by atoms with Crippen LogP contribution in [0.15, 0.2) is 53.5 Å². The van der Waals surface area contributed by atoms with Crippen LogP contribution in [0, 0.1) is 6.92 Å². The molecule has 8 heteroatoms. The van der Waals surface area contributed by atoms with E-state index in [-0.39, 0.29) is 29.9 Å². The van der Waals surface area contributed by atoms with E-state index < -0.39 is 0 Å². The van der Waals surface area contributed by atoms with E-state index in [2.05, 4.69) is 49.7 Å². The smallest absolute Gasteiger partial charge is 0.226 e. The number of piperazine rings is 1. The zero-order valence-electron chi connectivity index (χ0n) is 17.4. The lowest BCUT2D eigenvalue weighted by molar-refractivity contribution is -0.116. The summed E-state index contributed by atoms with van der Waals surface area (Å²) in [6.07, 6.45) is 0.340. The van der Waals surface area contributed by atoms with Crippen molar-refractivity contribution in [3.05, 3.63) is 59.1 Å². The molecule has 6 nitrogen and oxygen atoms in total. The molecule has 0 aliphatic carbocycles. The lowest BCUT2D eigenvalue weighted by atomic mass is 10.2. The Bertz CT molecular complexity index is 854. The summed E-state index contributed by atoms with van der Waals surface area (Å²) in [5.41, 5.74) is 2.95. The Labute approximate surface area is 200 Å². The predicted molar refractivity (Wildman–Crippen MR) is 136 cm³/mol. The van der Waals surface area contributed by atoms with Gasteiger partial charge in [0.05, 0.1) is 10.7 Å². The van der Waals surface area contributed by atoms with Gasteiger partial charge in [-0.25, -0.2) is 0 Å². The summed E-state index contributed by atoms with van der Waals surface area (Å²) in [5.74, 6) is 0.756. The molecule has 1 aliphatic rings. The Morgan fingerprint density at radius 3 is 2.43 bits per heavy atom. The number of hydrogen-bond donors (Lipinski definition) is 2. The first-order chi connectivity index (χ1) is 14.1. The number of carbonyl (C=O) groups excluding carboxylic acids is 1. The van der Waals surface area contributed by atoms with Crippen LogP contribution in [-0.2, 0) is 4.79 Å². The van der Waals surface area contributed by atoms with Gasteiger partial charge in [0.15, 0.2) is 5.96 Å². The van der Waals surface area contributed by atoms with E-state index in [0.29, 0.717) is 23.7 Å². The summed E-state index contributed by atoms with van der Waals surface area (Å²) in [5, 5.41) is 6.71. The van der Waals surface area contributed by atoms with E-state index in [9.17, 15) is 4.79 Å². The molecule has 2 N–H and O–H groups in total. The quantitative estimate of drug-likeness (QED) is 0.341. The highest BCUT2D eigenvalue weighted by molar-refractivity contribution is 14.0. The minimum absolute atomic E-state index is 0. The first-order valence-electron chi connectivity index (χ1n) is 9.88. The number of carbonyl (C=O) groups is 1. The fraction of sp³-hybridized carbons (Fsp3) is 0.364. The number of anilines is 2. The SMILES string of the molecule is CN=C(NCCC(=O)Nc1ccc(C)cc1Cl)N1CCN(c2ccccc2)CC1.I. The van der Waals surface area contributed by atoms with Gasteiger partial charge in [-0.3, -0.25) is 9.79 Å². The van der Waals surface area contributed by atoms with Gasteiger partial charge >= 0.3 is 0 Å². The Hall–Kier alpha value is -2.00. The van der Waals surface area contributed by atoms with Crippen LogP contribution in [0.2, 0.25) is 5.02 Å². The molecule has 1 heterocycles. The Morgan fingerprint density at radius 1 is 1.10 bits per heavy atom. The normalized spacial score (nSPS) is 14.2. The highest BCUT2D eigenvalue weighted by atomic mass is 127. The van der Waals surface area contributed by atoms with Crippen molar-refractivity contribution in [1.29, 1.82) is 0 Å². The summed E-state index contributed by atoms with van der Waals surface area (Å²) in [6.45, 7) is 6.14. The molecule has 0 atom stereocenters. The third-order valence-electron chi connectivity index (χ3n) is 4.95. The number of para-hydroxylation sites is 1. The fourth-order valence-corrected chi connectivity index (χ4v) is 3.65. The molecule has 0 radical (unpaired) electrons. The second-order valence-electron chi connectivity index (χ2n) is 7.07. The van der Waals surface area contributed by atoms with Crippen molar-refractivity contribution in [2.24, 2.45) is 4.99 Å². The van der Waals surface area contributed by atoms with Crippen molar-refractivity contribution in [3.8, 4) is 0 Å². The highest BCUT2D eigenvalue weighted by Crippen LogP contribution is 2.22. The molecule has 2 aromatic rings. The average molecular weight is 542 g/mol. The maximum atomic E-state index is 12.2. The second-order valence-corrected chi connectivity index (χ2v) is 7.47. The lowest BCUT2D eigenvalue weighted by Crippen LogP contribution is -2.52. The Balaban J connectivity index is 0.00000320. The first kappa shape index (κ1) is 24.3. The number of rotatable bonds is 5. The van der Waals surface area contributed by atoms with Gasteiger partial charge in [-0.05, 0) is 36.8 Å². The van der Waals surface area contributed by atoms with Crippen LogP contribution in [-0.4, -0.2) is 56.5 Å². The van der Waals surface area contributed by atoms with E-state index >= 15 is 0 Å². The lowest BCUT2D eigenvalue weighted by Gasteiger charge is -2.37. The summed E-state index contributed by atoms with van der Waals surface area (Å²) >= 11 is 6.18. The van der Waals surface area contributed by atoms with Crippen LogP contribution in [0.25, 0.3) is 0 Å². The number of guanidine groups is 1. The van der Waals surface area contributed by atoms with Crippen LogP contribution < -0.4 is 15.5 Å². The van der Waals surface area contributed by atoms with Crippen molar-refractivity contribution in [2.45, 2.75) is 13.3 Å². The second kappa shape index (κ2) is 12.0. The van der Waals surface area contributed by atoms with Crippen LogP contribution in [0.5, 0.6) is 0 Å². The monoisotopic (exact) mass is 541 g/mol. The van der Waals surface area contributed by atoms with E-state index in [4.69, 9.17) is 11.6 Å². The van der Waals surface area contributed by atoms with Crippen molar-refractivity contribution in [1.82, 2.24) is 10.2 Å². The third-order valence-corrected chi connectivity index (χ3v) is 5.26. The summed E-state index contributed by atoms with van der Waals surface area (Å²) < 4.78 is 0. The van der Waals surface area contributed by atoms with E-state index in [0.717, 1.165) is 37.7 Å². The van der Waals surface area contributed by atoms with Gasteiger partial charge < -0.3 is 20.4 Å². The van der Waals surface area contributed by atoms with Crippen molar-refractivity contribution in [2.75, 3.05) is 50.0 Å². The molecule has 0 unspecified atom stereocenters. The molecule has 1 amide bonds. The summed E-state index contributed by atoms with van der Waals surface area (Å²) in [4.78, 5) is 21.2. The molecule has 1 aliphatic heterocycles. The van der Waals surface area contributed by atoms with Crippen molar-refractivity contribution in [3.63, 3.8) is 0 Å². The predicted octanol–water partition coefficient (Wildman–Crippen LogP) is 3.99. The van der Waals surface area contributed by atoms with Gasteiger partial charge in [0.25, 0.3) is 0 Å². The van der Waals surface area contributed by atoms with Gasteiger partial charge in [0.2, 0.25) is 5.91 Å². The van der Waals surface area contributed by atoms with Crippen molar-refractivity contribution >= 4 is 58.8 Å². The molecule has 1 saturated heterocycles. The number of halogens is 2. The van der Waals surface area contributed by atoms with Gasteiger partial charge in [0.1, 0.15) is 0 Å². The molecule has 1 fully saturated rings. The van der Waals surface area contributed by atoms with Gasteiger partial charge in [-0.1, -0.05) is 35.9 Å². The molecule has 0 saturated carbocycles. The summed E-state index contributed by atoms with van der Waals surface area (Å²) in [6, 6.07) is 16.0. The Kier molecular flexibility index (Phi) is 9.71. The van der Waals surface area contributed by atoms with E-state index in [1.807, 2.05) is 31.2 Å². The maximum absolute atomic E-state index is 12.2. The molecular formula is C22H29ClIN5O. The molecule has 3 rings (SSSR count). The zero-order valence-corrected chi connectivity index (χ0v) is 20.5. The molecule has 30 heavy (non-hydrogen) atoms. The number of benzene rings is 2. The molecule has 2 aromatic carbocycles. The van der Waals surface area contributed by atoms with Crippen molar-refractivity contribution < 1.29 is 4.79 Å². The topological polar surface area (TPSA) is 60.0 Å². The molecular weight excluding hydrogens is 513 g/mol. The van der Waals surface area contributed by atoms with E-state index in [1.54, 1.807) is 7.05 Å². The summed E-state index contributed by atoms with van der Waals surface area (Å²) in [7, 11) is 1.78. The number of aliphatic imine (C=N–C) groups is 1. The van der Waals surface area contributed by atoms with Crippen LogP contribution in [0.1, 0.15) is 12.0 Å². The first-order valence-corrected chi connectivity index (χ1v) is 10.3. The number of nitrogens with zero attached hydrogens (tertiary/aromatic N) is 3. The van der Waals surface area contributed by atoms with Gasteiger partial charge in [-0.15, -0.1) is 24.0 Å². The highest BCUT2D eigenvalue weighted by Gasteiger charge is 2.19. The number of aryl methyl sites for hydroxylation is 1. The van der Waals surface area contributed by atoms with Gasteiger partial charge in [-0.2, -0.15) is 0 Å². The number of amides is 1. The minimum atomic E-state index is -0.0763. The maximum Gasteiger partial charge on any atom is 0.226 e. The van der Waals surface area contributed by atoms with Crippen LogP contribution in [0.4, 0.5) is 11.4 Å². The minimum Gasteiger partial charge on any atom is -0.368 e. The molecule has 0 bridgehead atoms. The van der Waals surface area contributed by atoms with Gasteiger partial charge in [0, 0.05) is 51.9 Å². The largest absolute Gasteiger partial charge is 0.368 e. The fourth-order valence-electron chi connectivity index (χ4n) is 3.37. The standard InChI is InChI=1S/C22H28ClN5O.HI/c1-17-8-9-20(19(23)16-17)26-21(29)10-11-25-22(24-2)28-14-12-27(13-15-28)18-6-4-3-5-7-18;/h3-9,16H,10-15H2,1-2H3,(H,24,25)(H,26,29);1H.